The molecular formula is C20H22F3N3O2. The average molecular weight is 393 g/mol. The van der Waals surface area contributed by atoms with Gasteiger partial charge in [-0.25, -0.2) is 13.2 Å². The van der Waals surface area contributed by atoms with Gasteiger partial charge in [-0.1, -0.05) is 30.3 Å². The molecule has 0 saturated carbocycles. The van der Waals surface area contributed by atoms with Gasteiger partial charge in [0.2, 0.25) is 11.8 Å². The maximum Gasteiger partial charge on any atom is 0.238 e. The molecule has 2 aromatic carbocycles. The number of carbonyl (C=O) groups is 2. The van der Waals surface area contributed by atoms with E-state index in [1.807, 2.05) is 37.3 Å². The second kappa shape index (κ2) is 9.89. The van der Waals surface area contributed by atoms with Crippen molar-refractivity contribution in [2.45, 2.75) is 13.5 Å². The zero-order valence-electron chi connectivity index (χ0n) is 15.7. The zero-order valence-corrected chi connectivity index (χ0v) is 15.7. The van der Waals surface area contributed by atoms with Crippen LogP contribution in [-0.4, -0.2) is 48.3 Å². The van der Waals surface area contributed by atoms with Crippen LogP contribution in [0.4, 0.5) is 18.9 Å². The average Bonchev–Trinajstić information content (AvgIpc) is 2.67. The van der Waals surface area contributed by atoms with E-state index in [2.05, 4.69) is 5.32 Å². The Morgan fingerprint density at radius 1 is 0.964 bits per heavy atom. The van der Waals surface area contributed by atoms with E-state index in [1.54, 1.807) is 11.9 Å². The molecule has 5 nitrogen and oxygen atoms in total. The number of hydrogen-bond acceptors (Lipinski definition) is 3. The number of nitrogens with zero attached hydrogens (tertiary/aromatic N) is 2. The summed E-state index contributed by atoms with van der Waals surface area (Å²) >= 11 is 0. The van der Waals surface area contributed by atoms with Crippen LogP contribution in [0.3, 0.4) is 0 Å². The number of hydrogen-bond donors (Lipinski definition) is 1. The van der Waals surface area contributed by atoms with Crippen LogP contribution in [0.15, 0.2) is 42.5 Å². The van der Waals surface area contributed by atoms with Crippen molar-refractivity contribution in [2.75, 3.05) is 32.0 Å². The van der Waals surface area contributed by atoms with E-state index in [0.717, 1.165) is 17.7 Å². The number of likely N-dealkylation sites (N-methyl/N-ethyl adjacent to an activating group) is 2. The van der Waals surface area contributed by atoms with Crippen molar-refractivity contribution in [3.63, 3.8) is 0 Å². The Hall–Kier alpha value is -2.87. The lowest BCUT2D eigenvalue weighted by atomic mass is 10.2. The molecule has 0 aliphatic heterocycles. The second-order valence-electron chi connectivity index (χ2n) is 6.34. The molecule has 0 aliphatic rings. The summed E-state index contributed by atoms with van der Waals surface area (Å²) in [5.41, 5.74) is 0.537. The van der Waals surface area contributed by atoms with Crippen LogP contribution in [0, 0.1) is 17.5 Å². The van der Waals surface area contributed by atoms with Crippen molar-refractivity contribution in [3.8, 4) is 0 Å². The number of halogens is 3. The fourth-order valence-corrected chi connectivity index (χ4v) is 2.62. The zero-order chi connectivity index (χ0) is 20.7. The standard InChI is InChI=1S/C20H22F3N3O2/c1-3-26(11-14-7-5-4-6-8-14)18(28)13-25(2)12-17(27)24-16-10-9-15(21)19(22)20(16)23/h4-10H,3,11-13H2,1-2H3,(H,24,27). The van der Waals surface area contributed by atoms with E-state index in [1.165, 1.54) is 4.90 Å². The highest BCUT2D eigenvalue weighted by Gasteiger charge is 2.18. The first-order valence-electron chi connectivity index (χ1n) is 8.75. The number of anilines is 1. The molecule has 2 rings (SSSR count). The van der Waals surface area contributed by atoms with Gasteiger partial charge in [-0.05, 0) is 31.7 Å². The molecule has 150 valence electrons. The fraction of sp³-hybridized carbons (Fsp3) is 0.300. The molecule has 0 spiro atoms. The summed E-state index contributed by atoms with van der Waals surface area (Å²) in [4.78, 5) is 27.6. The predicted octanol–water partition coefficient (Wildman–Crippen LogP) is 3.02. The summed E-state index contributed by atoms with van der Waals surface area (Å²) in [6.07, 6.45) is 0. The minimum Gasteiger partial charge on any atom is -0.338 e. The number of nitrogens with one attached hydrogen (secondary N) is 1. The van der Waals surface area contributed by atoms with Crippen molar-refractivity contribution in [2.24, 2.45) is 0 Å². The Morgan fingerprint density at radius 2 is 1.64 bits per heavy atom. The molecule has 1 N–H and O–H groups in total. The fourth-order valence-electron chi connectivity index (χ4n) is 2.62. The molecule has 0 unspecified atom stereocenters. The van der Waals surface area contributed by atoms with Crippen LogP contribution < -0.4 is 5.32 Å². The molecule has 0 bridgehead atoms. The van der Waals surface area contributed by atoms with Gasteiger partial charge >= 0.3 is 0 Å². The van der Waals surface area contributed by atoms with Gasteiger partial charge in [0.15, 0.2) is 17.5 Å². The highest BCUT2D eigenvalue weighted by atomic mass is 19.2. The molecule has 0 saturated heterocycles. The molecule has 0 radical (unpaired) electrons. The largest absolute Gasteiger partial charge is 0.338 e. The van der Waals surface area contributed by atoms with Gasteiger partial charge in [-0.3, -0.25) is 14.5 Å². The molecule has 28 heavy (non-hydrogen) atoms. The molecule has 8 heteroatoms. The third-order valence-corrected chi connectivity index (χ3v) is 4.08. The summed E-state index contributed by atoms with van der Waals surface area (Å²) in [5, 5.41) is 2.18. The summed E-state index contributed by atoms with van der Waals surface area (Å²) in [6.45, 7) is 2.59. The Bertz CT molecular complexity index is 831. The molecular weight excluding hydrogens is 371 g/mol. The maximum atomic E-state index is 13.6. The minimum atomic E-state index is -1.65. The minimum absolute atomic E-state index is 0.0195. The van der Waals surface area contributed by atoms with Gasteiger partial charge in [0.25, 0.3) is 0 Å². The number of benzene rings is 2. The normalized spacial score (nSPS) is 10.8. The van der Waals surface area contributed by atoms with Crippen LogP contribution in [0.5, 0.6) is 0 Å². The van der Waals surface area contributed by atoms with E-state index in [-0.39, 0.29) is 19.0 Å². The first kappa shape index (κ1) is 21.4. The maximum absolute atomic E-state index is 13.6. The SMILES string of the molecule is CCN(Cc1ccccc1)C(=O)CN(C)CC(=O)Nc1ccc(F)c(F)c1F. The summed E-state index contributed by atoms with van der Waals surface area (Å²) < 4.78 is 39.8. The summed E-state index contributed by atoms with van der Waals surface area (Å²) in [7, 11) is 1.56. The van der Waals surface area contributed by atoms with Gasteiger partial charge in [0, 0.05) is 13.1 Å². The molecule has 0 atom stereocenters. The lowest BCUT2D eigenvalue weighted by Gasteiger charge is -2.24. The lowest BCUT2D eigenvalue weighted by molar-refractivity contribution is -0.132. The first-order chi connectivity index (χ1) is 13.3. The first-order valence-corrected chi connectivity index (χ1v) is 8.75. The van der Waals surface area contributed by atoms with E-state index >= 15 is 0 Å². The quantitative estimate of drug-likeness (QED) is 0.702. The third kappa shape index (κ3) is 5.82. The van der Waals surface area contributed by atoms with Crippen LogP contribution in [0.2, 0.25) is 0 Å². The van der Waals surface area contributed by atoms with Gasteiger partial charge in [0.05, 0.1) is 18.8 Å². The van der Waals surface area contributed by atoms with Crippen LogP contribution in [-0.2, 0) is 16.1 Å². The van der Waals surface area contributed by atoms with Crippen LogP contribution in [0.25, 0.3) is 0 Å². The Balaban J connectivity index is 1.89. The van der Waals surface area contributed by atoms with Crippen molar-refractivity contribution in [3.05, 3.63) is 65.5 Å². The van der Waals surface area contributed by atoms with E-state index in [0.29, 0.717) is 13.1 Å². The monoisotopic (exact) mass is 393 g/mol. The lowest BCUT2D eigenvalue weighted by Crippen LogP contribution is -2.41. The van der Waals surface area contributed by atoms with Crippen molar-refractivity contribution < 1.29 is 22.8 Å². The summed E-state index contributed by atoms with van der Waals surface area (Å²) in [5.74, 6) is -5.27. The second-order valence-corrected chi connectivity index (χ2v) is 6.34. The van der Waals surface area contributed by atoms with Crippen LogP contribution >= 0.6 is 0 Å². The molecule has 2 aromatic rings. The summed E-state index contributed by atoms with van der Waals surface area (Å²) in [6, 6.07) is 11.2. The Labute approximate surface area is 161 Å². The third-order valence-electron chi connectivity index (χ3n) is 4.08. The van der Waals surface area contributed by atoms with Gasteiger partial charge in [-0.2, -0.15) is 0 Å². The van der Waals surface area contributed by atoms with Crippen molar-refractivity contribution in [1.82, 2.24) is 9.80 Å². The van der Waals surface area contributed by atoms with E-state index in [4.69, 9.17) is 0 Å². The molecule has 0 fully saturated rings. The number of rotatable bonds is 8. The van der Waals surface area contributed by atoms with Gasteiger partial charge in [-0.15, -0.1) is 0 Å². The van der Waals surface area contributed by atoms with Gasteiger partial charge in [0.1, 0.15) is 0 Å². The Morgan fingerprint density at radius 3 is 2.29 bits per heavy atom. The topological polar surface area (TPSA) is 52.7 Å². The van der Waals surface area contributed by atoms with Gasteiger partial charge < -0.3 is 10.2 Å². The highest BCUT2D eigenvalue weighted by molar-refractivity contribution is 5.92. The van der Waals surface area contributed by atoms with Crippen molar-refractivity contribution in [1.29, 1.82) is 0 Å². The molecule has 0 heterocycles. The highest BCUT2D eigenvalue weighted by Crippen LogP contribution is 2.19. The smallest absolute Gasteiger partial charge is 0.238 e. The Kier molecular flexibility index (Phi) is 7.57. The van der Waals surface area contributed by atoms with Crippen molar-refractivity contribution >= 4 is 17.5 Å². The molecule has 2 amide bonds. The van der Waals surface area contributed by atoms with E-state index < -0.39 is 29.0 Å². The number of amides is 2. The number of carbonyl (C=O) groups excluding carboxylic acids is 2. The molecule has 0 aliphatic carbocycles. The van der Waals surface area contributed by atoms with Crippen LogP contribution in [0.1, 0.15) is 12.5 Å². The van der Waals surface area contributed by atoms with E-state index in [9.17, 15) is 22.8 Å². The molecule has 0 aromatic heterocycles. The predicted molar refractivity (Wildman–Crippen MR) is 100.0 cm³/mol.